The first-order valence-electron chi connectivity index (χ1n) is 6.13. The highest BCUT2D eigenvalue weighted by molar-refractivity contribution is 6.30. The lowest BCUT2D eigenvalue weighted by Gasteiger charge is -2.20. The average Bonchev–Trinajstić information content (AvgIpc) is 2.46. The first kappa shape index (κ1) is 14.6. The van der Waals surface area contributed by atoms with Crippen LogP contribution in [0, 0.1) is 0 Å². The Kier molecular flexibility index (Phi) is 4.79. The summed E-state index contributed by atoms with van der Waals surface area (Å²) in [5.41, 5.74) is 11.2. The number of hydrogen-bond acceptors (Lipinski definition) is 5. The van der Waals surface area contributed by atoms with Gasteiger partial charge in [0.25, 0.3) is 0 Å². The number of nitrogens with two attached hydrogens (primary N) is 2. The molecule has 0 saturated carbocycles. The van der Waals surface area contributed by atoms with Crippen LogP contribution < -0.4 is 21.7 Å². The van der Waals surface area contributed by atoms with Crippen LogP contribution in [0.4, 0.5) is 5.69 Å². The molecule has 0 saturated heterocycles. The predicted molar refractivity (Wildman–Crippen MR) is 80.4 cm³/mol. The average molecular weight is 293 g/mol. The number of rotatable bonds is 5. The van der Waals surface area contributed by atoms with Gasteiger partial charge in [-0.05, 0) is 30.2 Å². The van der Waals surface area contributed by atoms with Crippen LogP contribution in [-0.2, 0) is 6.42 Å². The molecule has 2 aromatic rings. The minimum absolute atomic E-state index is 0.145. The first-order valence-corrected chi connectivity index (χ1v) is 6.51. The van der Waals surface area contributed by atoms with Crippen molar-refractivity contribution in [3.63, 3.8) is 0 Å². The number of pyridine rings is 1. The van der Waals surface area contributed by atoms with E-state index in [0.717, 1.165) is 11.1 Å². The largest absolute Gasteiger partial charge is 0.496 e. The molecule has 0 aliphatic carbocycles. The Labute approximate surface area is 122 Å². The third kappa shape index (κ3) is 3.19. The van der Waals surface area contributed by atoms with Crippen LogP contribution in [0.15, 0.2) is 36.7 Å². The van der Waals surface area contributed by atoms with Crippen LogP contribution in [0.5, 0.6) is 5.75 Å². The van der Waals surface area contributed by atoms with Crippen LogP contribution >= 0.6 is 11.6 Å². The van der Waals surface area contributed by atoms with E-state index in [4.69, 9.17) is 27.9 Å². The van der Waals surface area contributed by atoms with E-state index in [9.17, 15) is 0 Å². The second kappa shape index (κ2) is 6.56. The molecule has 1 heterocycles. The van der Waals surface area contributed by atoms with Gasteiger partial charge in [0.15, 0.2) is 0 Å². The van der Waals surface area contributed by atoms with Gasteiger partial charge in [0.05, 0.1) is 13.2 Å². The van der Waals surface area contributed by atoms with Crippen LogP contribution in [-0.4, -0.2) is 12.1 Å². The molecule has 0 bridgehead atoms. The summed E-state index contributed by atoms with van der Waals surface area (Å²) in [5, 5.41) is 0.613. The summed E-state index contributed by atoms with van der Waals surface area (Å²) in [6.07, 6.45) is 4.00. The fourth-order valence-corrected chi connectivity index (χ4v) is 2.22. The minimum atomic E-state index is -0.145. The maximum Gasteiger partial charge on any atom is 0.125 e. The zero-order valence-corrected chi connectivity index (χ0v) is 11.9. The molecule has 0 aliphatic rings. The molecule has 20 heavy (non-hydrogen) atoms. The Bertz CT molecular complexity index is 591. The van der Waals surface area contributed by atoms with E-state index >= 15 is 0 Å². The van der Waals surface area contributed by atoms with Gasteiger partial charge in [-0.1, -0.05) is 17.7 Å². The van der Waals surface area contributed by atoms with Gasteiger partial charge < -0.3 is 10.5 Å². The van der Waals surface area contributed by atoms with Gasteiger partial charge in [0.2, 0.25) is 0 Å². The lowest BCUT2D eigenvalue weighted by Crippen LogP contribution is -2.30. The molecule has 1 unspecified atom stereocenters. The molecule has 1 aromatic carbocycles. The van der Waals surface area contributed by atoms with Crippen molar-refractivity contribution in [2.75, 3.05) is 12.8 Å². The van der Waals surface area contributed by atoms with E-state index in [1.165, 1.54) is 0 Å². The number of anilines is 1. The number of ether oxygens (including phenoxy) is 1. The van der Waals surface area contributed by atoms with Crippen molar-refractivity contribution in [3.05, 3.63) is 52.8 Å². The third-order valence-corrected chi connectivity index (χ3v) is 3.37. The highest BCUT2D eigenvalue weighted by Crippen LogP contribution is 2.30. The quantitative estimate of drug-likeness (QED) is 0.580. The maximum atomic E-state index is 5.97. The van der Waals surface area contributed by atoms with Crippen molar-refractivity contribution in [1.29, 1.82) is 0 Å². The summed E-state index contributed by atoms with van der Waals surface area (Å²) in [6, 6.07) is 7.07. The monoisotopic (exact) mass is 292 g/mol. The molecule has 0 spiro atoms. The van der Waals surface area contributed by atoms with Crippen LogP contribution in [0.25, 0.3) is 0 Å². The van der Waals surface area contributed by atoms with E-state index in [1.54, 1.807) is 37.7 Å². The Morgan fingerprint density at radius 2 is 2.20 bits per heavy atom. The van der Waals surface area contributed by atoms with Gasteiger partial charge >= 0.3 is 0 Å². The predicted octanol–water partition coefficient (Wildman–Crippen LogP) is 2.07. The second-order valence-corrected chi connectivity index (χ2v) is 4.82. The third-order valence-electron chi connectivity index (χ3n) is 3.14. The van der Waals surface area contributed by atoms with Crippen molar-refractivity contribution in [3.8, 4) is 5.75 Å². The number of aromatic nitrogens is 1. The van der Waals surface area contributed by atoms with Crippen molar-refractivity contribution in [1.82, 2.24) is 10.4 Å². The molecule has 0 aliphatic heterocycles. The molecular formula is C14H17ClN4O. The van der Waals surface area contributed by atoms with E-state index in [0.29, 0.717) is 22.9 Å². The molecule has 0 amide bonds. The maximum absolute atomic E-state index is 5.97. The number of nitrogen functional groups attached to an aromatic ring is 1. The topological polar surface area (TPSA) is 86.2 Å². The highest BCUT2D eigenvalue weighted by Gasteiger charge is 2.17. The van der Waals surface area contributed by atoms with Gasteiger partial charge in [0, 0.05) is 28.7 Å². The zero-order chi connectivity index (χ0) is 14.5. The van der Waals surface area contributed by atoms with Crippen molar-refractivity contribution < 1.29 is 4.74 Å². The van der Waals surface area contributed by atoms with Crippen LogP contribution in [0.1, 0.15) is 17.2 Å². The Morgan fingerprint density at radius 1 is 1.40 bits per heavy atom. The fourth-order valence-electron chi connectivity index (χ4n) is 2.06. The van der Waals surface area contributed by atoms with Gasteiger partial charge in [0.1, 0.15) is 5.75 Å². The van der Waals surface area contributed by atoms with Gasteiger partial charge in [-0.2, -0.15) is 0 Å². The fraction of sp³-hybridized carbons (Fsp3) is 0.214. The first-order chi connectivity index (χ1) is 9.65. The van der Waals surface area contributed by atoms with Crippen molar-refractivity contribution in [2.45, 2.75) is 12.5 Å². The Morgan fingerprint density at radius 3 is 2.85 bits per heavy atom. The van der Waals surface area contributed by atoms with E-state index < -0.39 is 0 Å². The number of halogens is 1. The second-order valence-electron chi connectivity index (χ2n) is 4.38. The highest BCUT2D eigenvalue weighted by atomic mass is 35.5. The summed E-state index contributed by atoms with van der Waals surface area (Å²) in [5.74, 6) is 6.35. The normalized spacial score (nSPS) is 12.2. The van der Waals surface area contributed by atoms with Gasteiger partial charge in [-0.3, -0.25) is 16.3 Å². The standard InChI is InChI=1S/C14H17ClN4O/c1-20-14-7-10(15)2-3-11(14)13(19-17)6-9-8-18-5-4-12(9)16/h2-5,7-8,13,19H,6,17H2,1H3,(H2,16,18). The van der Waals surface area contributed by atoms with E-state index in [2.05, 4.69) is 10.4 Å². The Balaban J connectivity index is 2.31. The molecule has 0 fully saturated rings. The molecule has 6 heteroatoms. The molecule has 1 atom stereocenters. The summed E-state index contributed by atoms with van der Waals surface area (Å²) in [6.45, 7) is 0. The number of hydrogen-bond donors (Lipinski definition) is 3. The lowest BCUT2D eigenvalue weighted by atomic mass is 9.98. The minimum Gasteiger partial charge on any atom is -0.496 e. The molecule has 1 aromatic heterocycles. The van der Waals surface area contributed by atoms with E-state index in [-0.39, 0.29) is 6.04 Å². The number of hydrazine groups is 1. The summed E-state index contributed by atoms with van der Waals surface area (Å²) < 4.78 is 5.35. The molecular weight excluding hydrogens is 276 g/mol. The Hall–Kier alpha value is -1.82. The molecule has 2 rings (SSSR count). The number of benzene rings is 1. The SMILES string of the molecule is COc1cc(Cl)ccc1C(Cc1cnccc1N)NN. The lowest BCUT2D eigenvalue weighted by molar-refractivity contribution is 0.399. The number of methoxy groups -OCH3 is 1. The van der Waals surface area contributed by atoms with Crippen molar-refractivity contribution in [2.24, 2.45) is 5.84 Å². The van der Waals surface area contributed by atoms with Crippen LogP contribution in [0.3, 0.4) is 0 Å². The van der Waals surface area contributed by atoms with E-state index in [1.807, 2.05) is 6.07 Å². The summed E-state index contributed by atoms with van der Waals surface area (Å²) in [7, 11) is 1.60. The molecule has 5 N–H and O–H groups in total. The summed E-state index contributed by atoms with van der Waals surface area (Å²) >= 11 is 5.97. The van der Waals surface area contributed by atoms with Crippen LogP contribution in [0.2, 0.25) is 5.02 Å². The molecule has 106 valence electrons. The zero-order valence-electron chi connectivity index (χ0n) is 11.1. The van der Waals surface area contributed by atoms with Gasteiger partial charge in [-0.25, -0.2) is 0 Å². The molecule has 5 nitrogen and oxygen atoms in total. The number of nitrogens with one attached hydrogen (secondary N) is 1. The van der Waals surface area contributed by atoms with Crippen molar-refractivity contribution >= 4 is 17.3 Å². The smallest absolute Gasteiger partial charge is 0.125 e. The van der Waals surface area contributed by atoms with Gasteiger partial charge in [-0.15, -0.1) is 0 Å². The summed E-state index contributed by atoms with van der Waals surface area (Å²) in [4.78, 5) is 4.08. The molecule has 0 radical (unpaired) electrons. The number of nitrogens with zero attached hydrogens (tertiary/aromatic N) is 1.